The fourth-order valence-corrected chi connectivity index (χ4v) is 3.95. The van der Waals surface area contributed by atoms with Gasteiger partial charge in [-0.3, -0.25) is 0 Å². The van der Waals surface area contributed by atoms with Gasteiger partial charge in [-0.1, -0.05) is 62.6 Å². The molecular weight excluding hydrogens is 292 g/mol. The van der Waals surface area contributed by atoms with E-state index in [9.17, 15) is 5.11 Å². The van der Waals surface area contributed by atoms with Gasteiger partial charge in [-0.05, 0) is 60.8 Å². The Hall–Kier alpha value is -1.76. The summed E-state index contributed by atoms with van der Waals surface area (Å²) in [6, 6.07) is 13.0. The van der Waals surface area contributed by atoms with Crippen LogP contribution < -0.4 is 0 Å². The molecule has 2 aromatic carbocycles. The summed E-state index contributed by atoms with van der Waals surface area (Å²) in [6.07, 6.45) is 11.7. The predicted octanol–water partition coefficient (Wildman–Crippen LogP) is 5.98. The van der Waals surface area contributed by atoms with Crippen LogP contribution >= 0.6 is 0 Å². The highest BCUT2D eigenvalue weighted by Gasteiger charge is 2.19. The van der Waals surface area contributed by atoms with Crippen molar-refractivity contribution >= 4 is 0 Å². The van der Waals surface area contributed by atoms with Crippen molar-refractivity contribution in [1.82, 2.24) is 0 Å². The van der Waals surface area contributed by atoms with E-state index in [1.807, 2.05) is 0 Å². The monoisotopic (exact) mass is 322 g/mol. The average molecular weight is 322 g/mol. The molecule has 0 radical (unpaired) electrons. The molecule has 1 aliphatic carbocycles. The summed E-state index contributed by atoms with van der Waals surface area (Å²) >= 11 is 0. The van der Waals surface area contributed by atoms with Crippen LogP contribution in [0.4, 0.5) is 0 Å². The lowest BCUT2D eigenvalue weighted by Crippen LogP contribution is -2.08. The highest BCUT2D eigenvalue weighted by Crippen LogP contribution is 2.36. The van der Waals surface area contributed by atoms with Crippen molar-refractivity contribution in [1.29, 1.82) is 0 Å². The molecule has 1 N–H and O–H groups in total. The first-order chi connectivity index (χ1) is 11.8. The number of aromatic hydroxyl groups is 1. The van der Waals surface area contributed by atoms with Gasteiger partial charge < -0.3 is 5.11 Å². The number of rotatable bonds is 7. The lowest BCUT2D eigenvalue weighted by Gasteiger charge is -2.22. The van der Waals surface area contributed by atoms with Gasteiger partial charge in [0.15, 0.2) is 0 Å². The van der Waals surface area contributed by atoms with E-state index in [1.54, 1.807) is 0 Å². The molecule has 0 amide bonds. The van der Waals surface area contributed by atoms with E-state index in [1.165, 1.54) is 66.3 Å². The van der Waals surface area contributed by atoms with E-state index in [0.29, 0.717) is 5.75 Å². The topological polar surface area (TPSA) is 20.2 Å². The summed E-state index contributed by atoms with van der Waals surface area (Å²) in [5.74, 6) is 0.599. The molecule has 2 aromatic rings. The number of hydrogen-bond donors (Lipinski definition) is 1. The van der Waals surface area contributed by atoms with Crippen LogP contribution in [0.1, 0.15) is 73.3 Å². The van der Waals surface area contributed by atoms with Crippen molar-refractivity contribution in [2.75, 3.05) is 0 Å². The summed E-state index contributed by atoms with van der Waals surface area (Å²) in [4.78, 5) is 0. The third-order valence-electron chi connectivity index (χ3n) is 5.34. The maximum absolute atomic E-state index is 11.0. The maximum atomic E-state index is 11.0. The quantitative estimate of drug-likeness (QED) is 0.621. The Labute approximate surface area is 146 Å². The van der Waals surface area contributed by atoms with Crippen LogP contribution in [0.25, 0.3) is 0 Å². The van der Waals surface area contributed by atoms with Crippen LogP contribution in [0, 0.1) is 0 Å². The highest BCUT2D eigenvalue weighted by atomic mass is 16.3. The van der Waals surface area contributed by atoms with E-state index in [-0.39, 0.29) is 0 Å². The molecule has 0 saturated carbocycles. The van der Waals surface area contributed by atoms with Gasteiger partial charge in [-0.25, -0.2) is 0 Å². The minimum atomic E-state index is 0.599. The first-order valence-corrected chi connectivity index (χ1v) is 9.69. The molecule has 1 heteroatoms. The molecule has 1 aliphatic rings. The van der Waals surface area contributed by atoms with Gasteiger partial charge in [0.1, 0.15) is 5.75 Å². The number of benzene rings is 2. The molecule has 0 fully saturated rings. The van der Waals surface area contributed by atoms with Gasteiger partial charge in [0.25, 0.3) is 0 Å². The van der Waals surface area contributed by atoms with E-state index in [2.05, 4.69) is 43.3 Å². The Morgan fingerprint density at radius 1 is 0.958 bits per heavy atom. The normalized spacial score (nSPS) is 13.7. The average Bonchev–Trinajstić information content (AvgIpc) is 2.62. The number of phenolic OH excluding ortho intramolecular Hbond substituents is 1. The van der Waals surface area contributed by atoms with Gasteiger partial charge in [0.2, 0.25) is 0 Å². The summed E-state index contributed by atoms with van der Waals surface area (Å²) in [5, 5.41) is 11.0. The molecule has 0 aliphatic heterocycles. The van der Waals surface area contributed by atoms with Gasteiger partial charge in [0.05, 0.1) is 0 Å². The van der Waals surface area contributed by atoms with E-state index < -0.39 is 0 Å². The first kappa shape index (κ1) is 17.1. The molecule has 0 spiro atoms. The molecule has 3 rings (SSSR count). The Morgan fingerprint density at radius 2 is 1.75 bits per heavy atom. The zero-order chi connectivity index (χ0) is 16.8. The third kappa shape index (κ3) is 4.01. The molecule has 0 unspecified atom stereocenters. The summed E-state index contributed by atoms with van der Waals surface area (Å²) in [6.45, 7) is 2.26. The van der Waals surface area contributed by atoms with Crippen molar-refractivity contribution in [2.45, 2.75) is 71.1 Å². The van der Waals surface area contributed by atoms with Crippen molar-refractivity contribution in [3.63, 3.8) is 0 Å². The molecule has 0 heterocycles. The molecule has 1 nitrogen and oxygen atoms in total. The number of aryl methyl sites for hydroxylation is 2. The van der Waals surface area contributed by atoms with Crippen molar-refractivity contribution in [3.8, 4) is 5.75 Å². The second kappa shape index (κ2) is 8.37. The van der Waals surface area contributed by atoms with E-state index >= 15 is 0 Å². The van der Waals surface area contributed by atoms with Crippen LogP contribution in [-0.2, 0) is 25.7 Å². The van der Waals surface area contributed by atoms with Crippen molar-refractivity contribution < 1.29 is 5.11 Å². The van der Waals surface area contributed by atoms with Crippen molar-refractivity contribution in [3.05, 3.63) is 64.2 Å². The second-order valence-corrected chi connectivity index (χ2v) is 7.18. The summed E-state index contributed by atoms with van der Waals surface area (Å²) in [5.41, 5.74) is 6.48. The molecular formula is C23H30O. The first-order valence-electron chi connectivity index (χ1n) is 9.69. The summed E-state index contributed by atoms with van der Waals surface area (Å²) < 4.78 is 0. The highest BCUT2D eigenvalue weighted by molar-refractivity contribution is 5.52. The Balaban J connectivity index is 1.90. The summed E-state index contributed by atoms with van der Waals surface area (Å²) in [7, 11) is 0. The SMILES string of the molecule is CCCCCCc1cc2c(c(O)c1Cc1ccccc1)CCCC2. The Bertz CT molecular complexity index is 657. The van der Waals surface area contributed by atoms with Crippen LogP contribution in [0.5, 0.6) is 5.75 Å². The molecule has 0 bridgehead atoms. The molecule has 0 aromatic heterocycles. The molecule has 24 heavy (non-hydrogen) atoms. The van der Waals surface area contributed by atoms with Crippen LogP contribution in [0.2, 0.25) is 0 Å². The fraction of sp³-hybridized carbons (Fsp3) is 0.478. The number of fused-ring (bicyclic) bond motifs is 1. The Morgan fingerprint density at radius 3 is 2.54 bits per heavy atom. The van der Waals surface area contributed by atoms with Gasteiger partial charge >= 0.3 is 0 Å². The van der Waals surface area contributed by atoms with Crippen LogP contribution in [0.15, 0.2) is 36.4 Å². The minimum absolute atomic E-state index is 0.599. The lowest BCUT2D eigenvalue weighted by atomic mass is 9.84. The van der Waals surface area contributed by atoms with Gasteiger partial charge in [-0.2, -0.15) is 0 Å². The van der Waals surface area contributed by atoms with E-state index in [0.717, 1.165) is 25.7 Å². The molecule has 128 valence electrons. The smallest absolute Gasteiger partial charge is 0.122 e. The second-order valence-electron chi connectivity index (χ2n) is 7.18. The van der Waals surface area contributed by atoms with Crippen LogP contribution in [-0.4, -0.2) is 5.11 Å². The zero-order valence-electron chi connectivity index (χ0n) is 15.0. The fourth-order valence-electron chi connectivity index (χ4n) is 3.95. The third-order valence-corrected chi connectivity index (χ3v) is 5.34. The maximum Gasteiger partial charge on any atom is 0.122 e. The molecule has 0 atom stereocenters. The number of hydrogen-bond acceptors (Lipinski definition) is 1. The predicted molar refractivity (Wildman–Crippen MR) is 102 cm³/mol. The lowest BCUT2D eigenvalue weighted by molar-refractivity contribution is 0.454. The number of phenols is 1. The largest absolute Gasteiger partial charge is 0.507 e. The minimum Gasteiger partial charge on any atom is -0.507 e. The number of unbranched alkanes of at least 4 members (excludes halogenated alkanes) is 3. The van der Waals surface area contributed by atoms with Crippen molar-refractivity contribution in [2.24, 2.45) is 0 Å². The Kier molecular flexibility index (Phi) is 5.96. The zero-order valence-corrected chi connectivity index (χ0v) is 15.0. The molecule has 0 saturated heterocycles. The van der Waals surface area contributed by atoms with Crippen LogP contribution in [0.3, 0.4) is 0 Å². The van der Waals surface area contributed by atoms with E-state index in [4.69, 9.17) is 0 Å². The van der Waals surface area contributed by atoms with Gasteiger partial charge in [0, 0.05) is 12.0 Å². The standard InChI is InChI=1S/C23H30O/c1-2-3-4-8-13-20-17-19-14-9-10-15-21(19)23(24)22(20)16-18-11-6-5-7-12-18/h5-7,11-12,17,24H,2-4,8-10,13-16H2,1H3. The van der Waals surface area contributed by atoms with Gasteiger partial charge in [-0.15, -0.1) is 0 Å².